The maximum absolute atomic E-state index is 13.2. The molecule has 1 saturated heterocycles. The molecule has 1 amide bonds. The van der Waals surface area contributed by atoms with E-state index in [4.69, 9.17) is 4.74 Å². The van der Waals surface area contributed by atoms with E-state index in [9.17, 15) is 4.79 Å². The topological polar surface area (TPSA) is 72.3 Å². The highest BCUT2D eigenvalue weighted by Crippen LogP contribution is 2.34. The van der Waals surface area contributed by atoms with Gasteiger partial charge in [-0.1, -0.05) is 31.4 Å². The van der Waals surface area contributed by atoms with E-state index in [1.807, 2.05) is 24.3 Å². The highest BCUT2D eigenvalue weighted by Gasteiger charge is 2.44. The van der Waals surface area contributed by atoms with Gasteiger partial charge in [-0.05, 0) is 30.5 Å². The fourth-order valence-electron chi connectivity index (χ4n) is 4.27. The average Bonchev–Trinajstić information content (AvgIpc) is 3.28. The van der Waals surface area contributed by atoms with Gasteiger partial charge in [0.1, 0.15) is 18.2 Å². The van der Waals surface area contributed by atoms with Crippen LogP contribution in [0.2, 0.25) is 0 Å². The van der Waals surface area contributed by atoms with Crippen LogP contribution in [0.25, 0.3) is 5.69 Å². The molecule has 0 spiro atoms. The minimum absolute atomic E-state index is 0.171. The predicted octanol–water partition coefficient (Wildman–Crippen LogP) is 1.92. The van der Waals surface area contributed by atoms with Gasteiger partial charge in [-0.2, -0.15) is 5.10 Å². The summed E-state index contributed by atoms with van der Waals surface area (Å²) in [5.41, 5.74) is 1.68. The molecule has 7 nitrogen and oxygen atoms in total. The minimum atomic E-state index is -0.358. The molecular formula is C20H27N5O2. The third-order valence-electron chi connectivity index (χ3n) is 5.79. The molecule has 2 fully saturated rings. The van der Waals surface area contributed by atoms with Crippen LogP contribution in [0.1, 0.15) is 37.7 Å². The molecule has 144 valence electrons. The van der Waals surface area contributed by atoms with E-state index in [2.05, 4.69) is 20.3 Å². The number of ether oxygens (including phenoxy) is 1. The summed E-state index contributed by atoms with van der Waals surface area (Å²) in [5.74, 6) is 0.171. The summed E-state index contributed by atoms with van der Waals surface area (Å²) in [5, 5.41) is 7.34. The summed E-state index contributed by atoms with van der Waals surface area (Å²) in [6.45, 7) is 3.68. The Morgan fingerprint density at radius 3 is 2.52 bits per heavy atom. The van der Waals surface area contributed by atoms with Crippen molar-refractivity contribution in [2.45, 2.75) is 44.2 Å². The lowest BCUT2D eigenvalue weighted by Gasteiger charge is -2.46. The van der Waals surface area contributed by atoms with Gasteiger partial charge in [-0.15, -0.1) is 0 Å². The summed E-state index contributed by atoms with van der Waals surface area (Å²) in [6.07, 6.45) is 8.56. The van der Waals surface area contributed by atoms with Crippen LogP contribution in [-0.2, 0) is 16.1 Å². The van der Waals surface area contributed by atoms with E-state index >= 15 is 0 Å². The van der Waals surface area contributed by atoms with Gasteiger partial charge in [0.15, 0.2) is 0 Å². The number of benzene rings is 1. The smallest absolute Gasteiger partial charge is 0.240 e. The second kappa shape index (κ2) is 8.19. The van der Waals surface area contributed by atoms with Crippen molar-refractivity contribution in [3.63, 3.8) is 0 Å². The van der Waals surface area contributed by atoms with Crippen molar-refractivity contribution in [1.82, 2.24) is 25.0 Å². The lowest BCUT2D eigenvalue weighted by molar-refractivity contribution is -0.140. The fourth-order valence-corrected chi connectivity index (χ4v) is 4.27. The van der Waals surface area contributed by atoms with E-state index in [-0.39, 0.29) is 11.4 Å². The van der Waals surface area contributed by atoms with Crippen molar-refractivity contribution in [2.24, 2.45) is 0 Å². The molecule has 1 N–H and O–H groups in total. The van der Waals surface area contributed by atoms with Gasteiger partial charge >= 0.3 is 0 Å². The second-order valence-electron chi connectivity index (χ2n) is 7.38. The van der Waals surface area contributed by atoms with Gasteiger partial charge in [0.2, 0.25) is 5.91 Å². The van der Waals surface area contributed by atoms with Crippen LogP contribution in [0.15, 0.2) is 36.9 Å². The van der Waals surface area contributed by atoms with Crippen LogP contribution in [0, 0.1) is 0 Å². The summed E-state index contributed by atoms with van der Waals surface area (Å²) in [4.78, 5) is 19.6. The van der Waals surface area contributed by atoms with E-state index in [0.29, 0.717) is 6.54 Å². The monoisotopic (exact) mass is 369 g/mol. The van der Waals surface area contributed by atoms with Gasteiger partial charge in [0.25, 0.3) is 0 Å². The van der Waals surface area contributed by atoms with Gasteiger partial charge in [-0.3, -0.25) is 9.69 Å². The fraction of sp³-hybridized carbons (Fsp3) is 0.550. The molecule has 2 aliphatic rings. The maximum atomic E-state index is 13.2. The average molecular weight is 369 g/mol. The number of carbonyl (C=O) groups is 1. The SMILES string of the molecule is O=C(NCc1ccc(-n2cncn2)cc1)C1(N2CCOCC2)CCCCC1. The Bertz CT molecular complexity index is 732. The number of hydrogen-bond donors (Lipinski definition) is 1. The van der Waals surface area contributed by atoms with Crippen molar-refractivity contribution in [3.05, 3.63) is 42.5 Å². The number of nitrogens with zero attached hydrogens (tertiary/aromatic N) is 4. The van der Waals surface area contributed by atoms with Crippen LogP contribution in [0.4, 0.5) is 0 Å². The van der Waals surface area contributed by atoms with E-state index in [1.165, 1.54) is 12.7 Å². The number of amides is 1. The summed E-state index contributed by atoms with van der Waals surface area (Å²) in [7, 11) is 0. The molecule has 27 heavy (non-hydrogen) atoms. The van der Waals surface area contributed by atoms with Crippen molar-refractivity contribution in [2.75, 3.05) is 26.3 Å². The standard InChI is InChI=1S/C20H27N5O2/c26-19(20(8-2-1-3-9-20)24-10-12-27-13-11-24)22-14-17-4-6-18(7-5-17)25-16-21-15-23-25/h4-7,15-16H,1-3,8-14H2,(H,22,26). The predicted molar refractivity (Wildman–Crippen MR) is 101 cm³/mol. The van der Waals surface area contributed by atoms with E-state index in [0.717, 1.165) is 63.2 Å². The van der Waals surface area contributed by atoms with Crippen molar-refractivity contribution >= 4 is 5.91 Å². The molecule has 1 aliphatic carbocycles. The Hall–Kier alpha value is -2.25. The Balaban J connectivity index is 1.42. The van der Waals surface area contributed by atoms with Gasteiger partial charge in [0, 0.05) is 19.6 Å². The Morgan fingerprint density at radius 1 is 1.11 bits per heavy atom. The highest BCUT2D eigenvalue weighted by molar-refractivity contribution is 5.86. The number of nitrogens with one attached hydrogen (secondary N) is 1. The molecule has 2 heterocycles. The first kappa shape index (κ1) is 18.1. The zero-order valence-corrected chi connectivity index (χ0v) is 15.6. The number of morpholine rings is 1. The summed E-state index contributed by atoms with van der Waals surface area (Å²) in [6, 6.07) is 8.04. The van der Waals surface area contributed by atoms with Crippen LogP contribution >= 0.6 is 0 Å². The summed E-state index contributed by atoms with van der Waals surface area (Å²) < 4.78 is 7.22. The molecule has 0 atom stereocenters. The van der Waals surface area contributed by atoms with Gasteiger partial charge < -0.3 is 10.1 Å². The normalized spacial score (nSPS) is 20.3. The Morgan fingerprint density at radius 2 is 1.85 bits per heavy atom. The first-order chi connectivity index (χ1) is 13.3. The maximum Gasteiger partial charge on any atom is 0.240 e. The molecule has 0 bridgehead atoms. The van der Waals surface area contributed by atoms with Crippen LogP contribution in [0.5, 0.6) is 0 Å². The minimum Gasteiger partial charge on any atom is -0.379 e. The van der Waals surface area contributed by atoms with Crippen LogP contribution in [-0.4, -0.2) is 57.4 Å². The van der Waals surface area contributed by atoms with Gasteiger partial charge in [0.05, 0.1) is 18.9 Å². The zero-order valence-electron chi connectivity index (χ0n) is 15.6. The second-order valence-corrected chi connectivity index (χ2v) is 7.38. The largest absolute Gasteiger partial charge is 0.379 e. The van der Waals surface area contributed by atoms with Crippen molar-refractivity contribution < 1.29 is 9.53 Å². The molecule has 2 aromatic rings. The van der Waals surface area contributed by atoms with Crippen molar-refractivity contribution in [1.29, 1.82) is 0 Å². The third kappa shape index (κ3) is 3.89. The van der Waals surface area contributed by atoms with Crippen molar-refractivity contribution in [3.8, 4) is 5.69 Å². The highest BCUT2D eigenvalue weighted by atomic mass is 16.5. The Labute approximate surface area is 159 Å². The van der Waals surface area contributed by atoms with Crippen LogP contribution in [0.3, 0.4) is 0 Å². The van der Waals surface area contributed by atoms with Crippen LogP contribution < -0.4 is 5.32 Å². The molecule has 7 heteroatoms. The van der Waals surface area contributed by atoms with Gasteiger partial charge in [-0.25, -0.2) is 9.67 Å². The lowest BCUT2D eigenvalue weighted by atomic mass is 9.79. The van der Waals surface area contributed by atoms with E-state index < -0.39 is 0 Å². The molecular weight excluding hydrogens is 342 g/mol. The number of hydrogen-bond acceptors (Lipinski definition) is 5. The first-order valence-corrected chi connectivity index (χ1v) is 9.83. The quantitative estimate of drug-likeness (QED) is 0.872. The number of rotatable bonds is 5. The molecule has 0 unspecified atom stereocenters. The lowest BCUT2D eigenvalue weighted by Crippen LogP contribution is -2.62. The number of aromatic nitrogens is 3. The van der Waals surface area contributed by atoms with E-state index in [1.54, 1.807) is 11.0 Å². The molecule has 0 radical (unpaired) electrons. The number of carbonyl (C=O) groups excluding carboxylic acids is 1. The summed E-state index contributed by atoms with van der Waals surface area (Å²) >= 11 is 0. The Kier molecular flexibility index (Phi) is 5.50. The first-order valence-electron chi connectivity index (χ1n) is 9.83. The zero-order chi connectivity index (χ0) is 18.5. The molecule has 1 aromatic carbocycles. The molecule has 1 saturated carbocycles. The molecule has 1 aliphatic heterocycles. The molecule has 4 rings (SSSR count). The molecule has 1 aromatic heterocycles. The third-order valence-corrected chi connectivity index (χ3v) is 5.79.